The minimum absolute atomic E-state index is 0.117. The minimum Gasteiger partial charge on any atom is -0.476 e. The lowest BCUT2D eigenvalue weighted by Gasteiger charge is -2.06. The third kappa shape index (κ3) is 2.86. The Morgan fingerprint density at radius 3 is 2.57 bits per heavy atom. The predicted molar refractivity (Wildman–Crippen MR) is 75.2 cm³/mol. The van der Waals surface area contributed by atoms with E-state index in [1.54, 1.807) is 0 Å². The van der Waals surface area contributed by atoms with Crippen LogP contribution in [0.1, 0.15) is 10.5 Å². The number of hydrogen-bond donors (Lipinski definition) is 2. The van der Waals surface area contributed by atoms with E-state index in [-0.39, 0.29) is 17.1 Å². The van der Waals surface area contributed by atoms with Crippen molar-refractivity contribution < 1.29 is 23.4 Å². The maximum Gasteiger partial charge on any atom is 0.362 e. The van der Waals surface area contributed by atoms with Gasteiger partial charge in [0.15, 0.2) is 11.6 Å². The molecule has 0 aliphatic heterocycles. The minimum atomic E-state index is -1.28. The van der Waals surface area contributed by atoms with Crippen molar-refractivity contribution in [3.63, 3.8) is 0 Å². The van der Waals surface area contributed by atoms with Crippen molar-refractivity contribution in [1.82, 2.24) is 15.4 Å². The highest BCUT2D eigenvalue weighted by molar-refractivity contribution is 5.87. The highest BCUT2D eigenvalue weighted by atomic mass is 19.2. The topological polar surface area (TPSA) is 88.1 Å². The van der Waals surface area contributed by atoms with Gasteiger partial charge in [0.2, 0.25) is 5.69 Å². The fourth-order valence-corrected chi connectivity index (χ4v) is 1.98. The molecule has 0 aliphatic carbocycles. The Bertz CT molecular complexity index is 863. The summed E-state index contributed by atoms with van der Waals surface area (Å²) in [5, 5.41) is 18.0. The number of nitrogens with one attached hydrogen (secondary N) is 1. The van der Waals surface area contributed by atoms with Gasteiger partial charge in [-0.1, -0.05) is 29.5 Å². The van der Waals surface area contributed by atoms with Crippen LogP contribution in [0.25, 0.3) is 11.1 Å². The number of rotatable bonds is 4. The highest BCUT2D eigenvalue weighted by Gasteiger charge is 2.17. The number of nitrogens with zero attached hydrogens (tertiary/aromatic N) is 2. The molecule has 116 valence electrons. The molecule has 0 atom stereocenters. The first kappa shape index (κ1) is 14.6. The van der Waals surface area contributed by atoms with Gasteiger partial charge in [0.25, 0.3) is 5.88 Å². The van der Waals surface area contributed by atoms with E-state index in [0.29, 0.717) is 11.3 Å². The third-order valence-corrected chi connectivity index (χ3v) is 3.06. The number of H-pyrrole nitrogens is 1. The first-order chi connectivity index (χ1) is 11.1. The third-order valence-electron chi connectivity index (χ3n) is 3.06. The smallest absolute Gasteiger partial charge is 0.362 e. The Balaban J connectivity index is 1.86. The van der Waals surface area contributed by atoms with E-state index in [9.17, 15) is 13.6 Å². The van der Waals surface area contributed by atoms with Crippen LogP contribution in [0.3, 0.4) is 0 Å². The summed E-state index contributed by atoms with van der Waals surface area (Å²) in [4.78, 5) is 10.9. The lowest BCUT2D eigenvalue weighted by atomic mass is 10.0. The molecule has 0 saturated heterocycles. The van der Waals surface area contributed by atoms with Crippen LogP contribution in [0.2, 0.25) is 0 Å². The molecular weight excluding hydrogens is 308 g/mol. The molecule has 0 saturated carbocycles. The molecule has 0 aliphatic rings. The molecule has 8 heteroatoms. The average molecular weight is 317 g/mol. The van der Waals surface area contributed by atoms with Crippen molar-refractivity contribution in [2.24, 2.45) is 0 Å². The van der Waals surface area contributed by atoms with E-state index in [1.807, 2.05) is 0 Å². The molecule has 3 rings (SSSR count). The van der Waals surface area contributed by atoms with Crippen LogP contribution in [-0.2, 0) is 0 Å². The van der Waals surface area contributed by atoms with Crippen LogP contribution < -0.4 is 4.74 Å². The summed E-state index contributed by atoms with van der Waals surface area (Å²) in [6.45, 7) is 0. The number of aromatic nitrogens is 3. The van der Waals surface area contributed by atoms with Crippen LogP contribution in [0.5, 0.6) is 11.6 Å². The predicted octanol–water partition coefficient (Wildman–Crippen LogP) is 3.24. The van der Waals surface area contributed by atoms with Gasteiger partial charge >= 0.3 is 5.97 Å². The summed E-state index contributed by atoms with van der Waals surface area (Å²) in [5.41, 5.74) is 0.215. The van der Waals surface area contributed by atoms with Gasteiger partial charge in [-0.25, -0.2) is 18.7 Å². The summed E-state index contributed by atoms with van der Waals surface area (Å²) >= 11 is 0. The van der Waals surface area contributed by atoms with E-state index < -0.39 is 17.6 Å². The Morgan fingerprint density at radius 1 is 1.13 bits per heavy atom. The quantitative estimate of drug-likeness (QED) is 0.771. The molecule has 3 aromatic rings. The van der Waals surface area contributed by atoms with Crippen molar-refractivity contribution in [2.75, 3.05) is 0 Å². The number of carbonyl (C=O) groups is 1. The molecule has 0 radical (unpaired) electrons. The Labute approximate surface area is 128 Å². The fraction of sp³-hybridized carbons (Fsp3) is 0. The number of benzene rings is 2. The maximum absolute atomic E-state index is 13.7. The number of carboxylic acids is 1. The van der Waals surface area contributed by atoms with E-state index in [0.717, 1.165) is 6.07 Å². The lowest BCUT2D eigenvalue weighted by Crippen LogP contribution is -1.99. The zero-order valence-electron chi connectivity index (χ0n) is 11.5. The van der Waals surface area contributed by atoms with Gasteiger partial charge in [-0.3, -0.25) is 0 Å². The molecule has 2 aromatic carbocycles. The molecule has 0 unspecified atom stereocenters. The number of aromatic carboxylic acids is 1. The SMILES string of the molecule is O=C(O)c1nn[nH]c1Oc1ccc(-c2cccc(F)c2F)cc1. The summed E-state index contributed by atoms with van der Waals surface area (Å²) in [6.07, 6.45) is 0. The molecule has 1 aromatic heterocycles. The molecular formula is C15H9F2N3O3. The zero-order valence-corrected chi connectivity index (χ0v) is 11.5. The van der Waals surface area contributed by atoms with Crippen LogP contribution in [-0.4, -0.2) is 26.5 Å². The molecule has 23 heavy (non-hydrogen) atoms. The number of aromatic amines is 1. The van der Waals surface area contributed by atoms with Crippen LogP contribution in [0, 0.1) is 11.6 Å². The number of hydrogen-bond acceptors (Lipinski definition) is 4. The van der Waals surface area contributed by atoms with Gasteiger partial charge in [0.05, 0.1) is 0 Å². The lowest BCUT2D eigenvalue weighted by molar-refractivity contribution is 0.0687. The van der Waals surface area contributed by atoms with Gasteiger partial charge < -0.3 is 9.84 Å². The molecule has 0 spiro atoms. The molecule has 0 fully saturated rings. The summed E-state index contributed by atoms with van der Waals surface area (Å²) in [5.74, 6) is -2.99. The number of halogens is 2. The summed E-state index contributed by atoms with van der Waals surface area (Å²) in [6, 6.07) is 9.94. The van der Waals surface area contributed by atoms with Crippen LogP contribution in [0.15, 0.2) is 42.5 Å². The normalized spacial score (nSPS) is 10.5. The zero-order chi connectivity index (χ0) is 16.4. The summed E-state index contributed by atoms with van der Waals surface area (Å²) < 4.78 is 32.3. The maximum atomic E-state index is 13.7. The number of ether oxygens (including phenoxy) is 1. The van der Waals surface area contributed by atoms with Gasteiger partial charge in [0, 0.05) is 5.56 Å². The largest absolute Gasteiger partial charge is 0.476 e. The second-order valence-corrected chi connectivity index (χ2v) is 4.52. The molecule has 1 heterocycles. The number of carboxylic acid groups (broad SMARTS) is 1. The fourth-order valence-electron chi connectivity index (χ4n) is 1.98. The van der Waals surface area contributed by atoms with E-state index >= 15 is 0 Å². The Hall–Kier alpha value is -3.29. The van der Waals surface area contributed by atoms with Crippen molar-refractivity contribution in [2.45, 2.75) is 0 Å². The van der Waals surface area contributed by atoms with E-state index in [4.69, 9.17) is 9.84 Å². The average Bonchev–Trinajstić information content (AvgIpc) is 2.99. The van der Waals surface area contributed by atoms with Crippen molar-refractivity contribution in [1.29, 1.82) is 0 Å². The van der Waals surface area contributed by atoms with Gasteiger partial charge in [-0.2, -0.15) is 0 Å². The molecule has 0 bridgehead atoms. The van der Waals surface area contributed by atoms with E-state index in [1.165, 1.54) is 36.4 Å². The van der Waals surface area contributed by atoms with Crippen LogP contribution in [0.4, 0.5) is 8.78 Å². The first-order valence-electron chi connectivity index (χ1n) is 6.43. The highest BCUT2D eigenvalue weighted by Crippen LogP contribution is 2.28. The van der Waals surface area contributed by atoms with Crippen LogP contribution >= 0.6 is 0 Å². The van der Waals surface area contributed by atoms with Crippen molar-refractivity contribution in [3.8, 4) is 22.8 Å². The molecule has 2 N–H and O–H groups in total. The first-order valence-corrected chi connectivity index (χ1v) is 6.43. The van der Waals surface area contributed by atoms with E-state index in [2.05, 4.69) is 15.4 Å². The second kappa shape index (κ2) is 5.84. The van der Waals surface area contributed by atoms with Crippen molar-refractivity contribution >= 4 is 5.97 Å². The molecule has 0 amide bonds. The second-order valence-electron chi connectivity index (χ2n) is 4.52. The monoisotopic (exact) mass is 317 g/mol. The molecule has 6 nitrogen and oxygen atoms in total. The van der Waals surface area contributed by atoms with Gasteiger partial charge in [-0.05, 0) is 23.8 Å². The standard InChI is InChI=1S/C15H9F2N3O3/c16-11-3-1-2-10(12(11)17)8-4-6-9(7-5-8)23-14-13(15(21)22)18-20-19-14/h1-7H,(H,21,22)(H,18,19,20). The Kier molecular flexibility index (Phi) is 3.71. The Morgan fingerprint density at radius 2 is 1.87 bits per heavy atom. The van der Waals surface area contributed by atoms with Gasteiger partial charge in [-0.15, -0.1) is 5.10 Å². The van der Waals surface area contributed by atoms with Crippen molar-refractivity contribution in [3.05, 3.63) is 59.8 Å². The van der Waals surface area contributed by atoms with Gasteiger partial charge in [0.1, 0.15) is 5.75 Å². The summed E-state index contributed by atoms with van der Waals surface area (Å²) in [7, 11) is 0.